The van der Waals surface area contributed by atoms with Crippen molar-refractivity contribution in [3.63, 3.8) is 0 Å². The Balaban J connectivity index is 2.07. The third-order valence-corrected chi connectivity index (χ3v) is 4.15. The number of azo groups is 1. The smallest absolute Gasteiger partial charge is 0.295 e. The van der Waals surface area contributed by atoms with Crippen LogP contribution in [0.5, 0.6) is 5.75 Å². The van der Waals surface area contributed by atoms with E-state index in [0.29, 0.717) is 16.3 Å². The second-order valence-electron chi connectivity index (χ2n) is 5.58. The number of rotatable bonds is 4. The van der Waals surface area contributed by atoms with Crippen LogP contribution in [-0.4, -0.2) is 25.7 Å². The van der Waals surface area contributed by atoms with E-state index in [2.05, 4.69) is 15.0 Å². The zero-order valence-corrected chi connectivity index (χ0v) is 14.6. The molecular weight excluding hydrogens is 354 g/mol. The highest BCUT2D eigenvalue weighted by atomic mass is 32.2. The zero-order valence-electron chi connectivity index (χ0n) is 13.7. The molecular formula is C18H15N3O4S. The Labute approximate surface area is 150 Å². The first-order valence-corrected chi connectivity index (χ1v) is 9.48. The van der Waals surface area contributed by atoms with E-state index in [4.69, 9.17) is 0 Å². The first kappa shape index (κ1) is 17.6. The molecule has 0 aliphatic heterocycles. The van der Waals surface area contributed by atoms with Crippen LogP contribution in [-0.2, 0) is 10.0 Å². The number of hydrogen-bond acceptors (Lipinski definition) is 5. The van der Waals surface area contributed by atoms with Gasteiger partial charge < -0.3 is 5.11 Å². The second-order valence-corrected chi connectivity index (χ2v) is 7.33. The molecule has 0 aliphatic carbocycles. The van der Waals surface area contributed by atoms with Crippen LogP contribution in [0.3, 0.4) is 0 Å². The summed E-state index contributed by atoms with van der Waals surface area (Å²) in [6, 6.07) is 16.4. The molecule has 1 amide bonds. The molecule has 3 rings (SSSR count). The molecule has 0 spiro atoms. The maximum absolute atomic E-state index is 12.1. The van der Waals surface area contributed by atoms with Crippen molar-refractivity contribution in [2.24, 2.45) is 10.2 Å². The number of fused-ring (bicyclic) bond motifs is 1. The van der Waals surface area contributed by atoms with E-state index in [1.54, 1.807) is 54.6 Å². The Hall–Kier alpha value is -3.26. The van der Waals surface area contributed by atoms with Crippen LogP contribution in [0.15, 0.2) is 70.9 Å². The summed E-state index contributed by atoms with van der Waals surface area (Å²) in [4.78, 5) is 12.1. The number of hydrogen-bond donors (Lipinski definition) is 2. The number of benzene rings is 3. The first-order valence-electron chi connectivity index (χ1n) is 7.59. The van der Waals surface area contributed by atoms with Gasteiger partial charge in [0.25, 0.3) is 5.91 Å². The van der Waals surface area contributed by atoms with Crippen LogP contribution >= 0.6 is 0 Å². The number of carbonyl (C=O) groups excluding carboxylic acids is 1. The number of anilines is 1. The van der Waals surface area contributed by atoms with Crippen LogP contribution in [0.25, 0.3) is 10.8 Å². The molecule has 2 N–H and O–H groups in total. The summed E-state index contributed by atoms with van der Waals surface area (Å²) in [6.07, 6.45) is 1.02. The number of phenols is 1. The Morgan fingerprint density at radius 3 is 2.27 bits per heavy atom. The number of nitrogens with one attached hydrogen (secondary N) is 1. The lowest BCUT2D eigenvalue weighted by molar-refractivity contribution is 0.0995. The van der Waals surface area contributed by atoms with Gasteiger partial charge in [-0.25, -0.2) is 8.42 Å². The quantitative estimate of drug-likeness (QED) is 0.538. The lowest BCUT2D eigenvalue weighted by atomic mass is 10.1. The molecule has 132 valence electrons. The van der Waals surface area contributed by atoms with E-state index in [1.807, 2.05) is 0 Å². The maximum Gasteiger partial charge on any atom is 0.295 e. The number of amides is 1. The maximum atomic E-state index is 12.1. The van der Waals surface area contributed by atoms with Gasteiger partial charge in [0.2, 0.25) is 10.0 Å². The highest BCUT2D eigenvalue weighted by Gasteiger charge is 2.14. The zero-order chi connectivity index (χ0) is 18.7. The number of nitrogens with zero attached hydrogens (tertiary/aromatic N) is 2. The molecule has 0 fully saturated rings. The molecule has 0 saturated heterocycles. The molecule has 0 radical (unpaired) electrons. The average Bonchev–Trinajstić information content (AvgIpc) is 2.62. The van der Waals surface area contributed by atoms with Crippen molar-refractivity contribution in [1.82, 2.24) is 0 Å². The standard InChI is InChI=1S/C18H15N3O4S/c1-26(24,25)21-15-11-16(17(22)14-10-6-5-9-13(14)15)19-20-18(23)12-7-3-2-4-8-12/h2-11,21-22H,1H3. The molecule has 0 saturated carbocycles. The minimum atomic E-state index is -3.54. The van der Waals surface area contributed by atoms with Crippen LogP contribution in [0, 0.1) is 0 Å². The van der Waals surface area contributed by atoms with E-state index in [9.17, 15) is 18.3 Å². The summed E-state index contributed by atoms with van der Waals surface area (Å²) < 4.78 is 25.6. The average molecular weight is 369 g/mol. The molecule has 3 aromatic rings. The summed E-state index contributed by atoms with van der Waals surface area (Å²) in [7, 11) is -3.54. The molecule has 26 heavy (non-hydrogen) atoms. The van der Waals surface area contributed by atoms with Gasteiger partial charge in [0.1, 0.15) is 5.69 Å². The SMILES string of the molecule is CS(=O)(=O)Nc1cc(N=NC(=O)c2ccccc2)c(O)c2ccccc12. The molecule has 7 nitrogen and oxygen atoms in total. The largest absolute Gasteiger partial charge is 0.505 e. The van der Waals surface area contributed by atoms with Gasteiger partial charge in [0, 0.05) is 16.3 Å². The molecule has 0 atom stereocenters. The fraction of sp³-hybridized carbons (Fsp3) is 0.0556. The van der Waals surface area contributed by atoms with Crippen molar-refractivity contribution < 1.29 is 18.3 Å². The van der Waals surface area contributed by atoms with Crippen LogP contribution < -0.4 is 4.72 Å². The predicted molar refractivity (Wildman–Crippen MR) is 99.4 cm³/mol. The van der Waals surface area contributed by atoms with Crippen molar-refractivity contribution in [3.05, 3.63) is 66.2 Å². The Bertz CT molecular complexity index is 1110. The molecule has 3 aromatic carbocycles. The first-order chi connectivity index (χ1) is 12.3. The monoisotopic (exact) mass is 369 g/mol. The van der Waals surface area contributed by atoms with Gasteiger partial charge in [-0.15, -0.1) is 10.2 Å². The number of phenolic OH excluding ortho intramolecular Hbond substituents is 1. The summed E-state index contributed by atoms with van der Waals surface area (Å²) in [5.41, 5.74) is 0.576. The Morgan fingerprint density at radius 2 is 1.62 bits per heavy atom. The van der Waals surface area contributed by atoms with E-state index >= 15 is 0 Å². The molecule has 0 bridgehead atoms. The van der Waals surface area contributed by atoms with E-state index in [0.717, 1.165) is 6.26 Å². The van der Waals surface area contributed by atoms with Crippen molar-refractivity contribution in [2.75, 3.05) is 11.0 Å². The van der Waals surface area contributed by atoms with Crippen molar-refractivity contribution in [2.45, 2.75) is 0 Å². The summed E-state index contributed by atoms with van der Waals surface area (Å²) in [6.45, 7) is 0. The number of carbonyl (C=O) groups is 1. The molecule has 0 aromatic heterocycles. The van der Waals surface area contributed by atoms with Gasteiger partial charge in [-0.3, -0.25) is 9.52 Å². The fourth-order valence-corrected chi connectivity index (χ4v) is 3.01. The lowest BCUT2D eigenvalue weighted by Crippen LogP contribution is -2.09. The minimum Gasteiger partial charge on any atom is -0.505 e. The van der Waals surface area contributed by atoms with Crippen LogP contribution in [0.1, 0.15) is 10.4 Å². The highest BCUT2D eigenvalue weighted by molar-refractivity contribution is 7.92. The van der Waals surface area contributed by atoms with Gasteiger partial charge in [-0.1, -0.05) is 42.5 Å². The summed E-state index contributed by atoms with van der Waals surface area (Å²) in [5, 5.41) is 18.7. The summed E-state index contributed by atoms with van der Waals surface area (Å²) >= 11 is 0. The Morgan fingerprint density at radius 1 is 1.00 bits per heavy atom. The van der Waals surface area contributed by atoms with Gasteiger partial charge in [0.15, 0.2) is 5.75 Å². The second kappa shape index (κ2) is 6.93. The van der Waals surface area contributed by atoms with Gasteiger partial charge in [0.05, 0.1) is 11.9 Å². The normalized spacial score (nSPS) is 11.7. The summed E-state index contributed by atoms with van der Waals surface area (Å²) in [5.74, 6) is -0.764. The van der Waals surface area contributed by atoms with Crippen molar-refractivity contribution in [1.29, 1.82) is 0 Å². The van der Waals surface area contributed by atoms with E-state index < -0.39 is 15.9 Å². The van der Waals surface area contributed by atoms with Crippen molar-refractivity contribution in [3.8, 4) is 5.75 Å². The topological polar surface area (TPSA) is 108 Å². The molecule has 8 heteroatoms. The van der Waals surface area contributed by atoms with E-state index in [-0.39, 0.29) is 17.1 Å². The highest BCUT2D eigenvalue weighted by Crippen LogP contribution is 2.40. The van der Waals surface area contributed by atoms with Gasteiger partial charge in [-0.2, -0.15) is 0 Å². The third-order valence-electron chi connectivity index (χ3n) is 3.56. The molecule has 0 unspecified atom stereocenters. The van der Waals surface area contributed by atoms with Crippen LogP contribution in [0.2, 0.25) is 0 Å². The third kappa shape index (κ3) is 3.86. The fourth-order valence-electron chi connectivity index (χ4n) is 2.44. The predicted octanol–water partition coefficient (Wildman–Crippen LogP) is 3.84. The molecule has 0 heterocycles. The Kier molecular flexibility index (Phi) is 4.68. The van der Waals surface area contributed by atoms with Gasteiger partial charge >= 0.3 is 0 Å². The minimum absolute atomic E-state index is 0.0147. The van der Waals surface area contributed by atoms with E-state index in [1.165, 1.54) is 6.07 Å². The number of sulfonamides is 1. The van der Waals surface area contributed by atoms with Crippen LogP contribution in [0.4, 0.5) is 11.4 Å². The number of aromatic hydroxyl groups is 1. The van der Waals surface area contributed by atoms with Gasteiger partial charge in [-0.05, 0) is 18.2 Å². The lowest BCUT2D eigenvalue weighted by Gasteiger charge is -2.11. The van der Waals surface area contributed by atoms with Crippen molar-refractivity contribution >= 4 is 38.1 Å². The molecule has 0 aliphatic rings.